The van der Waals surface area contributed by atoms with Gasteiger partial charge in [0.15, 0.2) is 0 Å². The lowest BCUT2D eigenvalue weighted by atomic mass is 9.97. The summed E-state index contributed by atoms with van der Waals surface area (Å²) in [4.78, 5) is 55.2. The van der Waals surface area contributed by atoms with E-state index in [-0.39, 0.29) is 30.0 Å². The molecule has 2 bridgehead atoms. The molecule has 0 aromatic heterocycles. The molecule has 180 valence electrons. The zero-order valence-electron chi connectivity index (χ0n) is 19.8. The Morgan fingerprint density at radius 3 is 2.41 bits per heavy atom. The highest BCUT2D eigenvalue weighted by Gasteiger charge is 2.48. The molecule has 10 heteroatoms. The Labute approximate surface area is 198 Å². The molecule has 5 heterocycles. The summed E-state index contributed by atoms with van der Waals surface area (Å²) in [5, 5.41) is 3.80. The highest BCUT2D eigenvalue weighted by molar-refractivity contribution is 6.23. The van der Waals surface area contributed by atoms with Gasteiger partial charge in [0.05, 0.1) is 16.8 Å². The molecule has 4 saturated heterocycles. The van der Waals surface area contributed by atoms with Crippen LogP contribution in [0.3, 0.4) is 0 Å². The summed E-state index contributed by atoms with van der Waals surface area (Å²) in [5.41, 5.74) is 0.398. The fraction of sp³-hybridized carbons (Fsp3) is 0.583. The molecule has 1 aromatic rings. The Balaban J connectivity index is 1.18. The van der Waals surface area contributed by atoms with Gasteiger partial charge in [-0.15, -0.1) is 0 Å². The molecule has 5 aliphatic rings. The molecule has 4 fully saturated rings. The van der Waals surface area contributed by atoms with Crippen LogP contribution in [-0.2, 0) is 9.59 Å². The lowest BCUT2D eigenvalue weighted by Crippen LogP contribution is -2.54. The van der Waals surface area contributed by atoms with Gasteiger partial charge in [0.1, 0.15) is 13.3 Å². The third-order valence-electron chi connectivity index (χ3n) is 8.05. The zero-order valence-corrected chi connectivity index (χ0v) is 18.8. The van der Waals surface area contributed by atoms with E-state index in [2.05, 4.69) is 10.2 Å². The lowest BCUT2D eigenvalue weighted by Gasteiger charge is -2.38. The molecule has 0 radical (unpaired) electrons. The number of rotatable bonds is 4. The number of carbonyl (C=O) groups is 4. The van der Waals surface area contributed by atoms with Crippen molar-refractivity contribution in [3.8, 4) is 0 Å². The maximum Gasteiger partial charge on any atom is 0.262 e. The predicted octanol–water partition coefficient (Wildman–Crippen LogP) is 0.489. The molecule has 1 aromatic carbocycles. The molecule has 6 rings (SSSR count). The van der Waals surface area contributed by atoms with Gasteiger partial charge in [0.25, 0.3) is 11.8 Å². The molecule has 0 spiro atoms. The molecule has 0 aliphatic carbocycles. The van der Waals surface area contributed by atoms with Gasteiger partial charge in [0.2, 0.25) is 11.8 Å². The molecule has 5 aliphatic heterocycles. The van der Waals surface area contributed by atoms with Crippen molar-refractivity contribution in [3.63, 3.8) is 0 Å². The number of halogens is 1. The summed E-state index contributed by atoms with van der Waals surface area (Å²) in [6.07, 6.45) is 3.10. The van der Waals surface area contributed by atoms with E-state index in [1.54, 1.807) is 5.31 Å². The summed E-state index contributed by atoms with van der Waals surface area (Å²) < 4.78 is 23.0. The molecular weight excluding hydrogens is 441 g/mol. The second kappa shape index (κ2) is 8.13. The van der Waals surface area contributed by atoms with Crippen molar-refractivity contribution < 1.29 is 25.0 Å². The molecule has 3 atom stereocenters. The van der Waals surface area contributed by atoms with Gasteiger partial charge in [-0.2, -0.15) is 0 Å². The number of nitrogens with zero attached hydrogens (tertiary/aromatic N) is 3. The van der Waals surface area contributed by atoms with E-state index in [4.69, 9.17) is 1.41 Å². The van der Waals surface area contributed by atoms with E-state index < -0.39 is 35.5 Å². The normalized spacial score (nSPS) is 30.9. The maximum atomic E-state index is 15.2. The number of piperidine rings is 2. The van der Waals surface area contributed by atoms with E-state index in [0.29, 0.717) is 24.2 Å². The molecule has 4 amide bonds. The minimum Gasteiger partial charge on any atom is -0.363 e. The van der Waals surface area contributed by atoms with Gasteiger partial charge in [-0.3, -0.25) is 34.3 Å². The number of hydrogen-bond donors (Lipinski definition) is 2. The van der Waals surface area contributed by atoms with E-state index in [1.807, 2.05) is 4.90 Å². The molecule has 9 nitrogen and oxygen atoms in total. The molecule has 34 heavy (non-hydrogen) atoms. The number of amides is 4. The first-order valence-electron chi connectivity index (χ1n) is 12.5. The van der Waals surface area contributed by atoms with Crippen molar-refractivity contribution in [2.75, 3.05) is 37.6 Å². The highest BCUT2D eigenvalue weighted by atomic mass is 19.1. The Bertz CT molecular complexity index is 1120. The number of anilines is 1. The smallest absolute Gasteiger partial charge is 0.262 e. The molecule has 0 saturated carbocycles. The molecule has 2 N–H and O–H groups in total. The zero-order chi connectivity index (χ0) is 24.4. The van der Waals surface area contributed by atoms with Crippen LogP contribution in [-0.4, -0.2) is 84.3 Å². The lowest BCUT2D eigenvalue weighted by molar-refractivity contribution is -0.136. The summed E-state index contributed by atoms with van der Waals surface area (Å²) in [6, 6.07) is 1.98. The largest absolute Gasteiger partial charge is 0.363 e. The number of imide groups is 2. The minimum absolute atomic E-state index is 0.0346. The van der Waals surface area contributed by atoms with E-state index in [0.717, 1.165) is 56.4 Å². The summed E-state index contributed by atoms with van der Waals surface area (Å²) in [6.45, 7) is 4.11. The number of likely N-dealkylation sites (tertiary alicyclic amines) is 1. The first kappa shape index (κ1) is 20.5. The SMILES string of the molecule is [2H]N1CCC(CN2CC3CC2CN3c2cc3c(cc2F)C(=O)N(C2CCC(=O)NC2=O)C3=O)CC1. The molecular formula is C24H28FN5O4. The highest BCUT2D eigenvalue weighted by Crippen LogP contribution is 2.39. The van der Waals surface area contributed by atoms with Crippen molar-refractivity contribution in [1.82, 2.24) is 20.4 Å². The second-order valence-electron chi connectivity index (χ2n) is 10.1. The number of carbonyl (C=O) groups excluding carboxylic acids is 4. The van der Waals surface area contributed by atoms with Crippen molar-refractivity contribution in [2.45, 2.75) is 50.2 Å². The quantitative estimate of drug-likeness (QED) is 0.618. The number of piperazine rings is 1. The van der Waals surface area contributed by atoms with Crippen LogP contribution in [0.4, 0.5) is 10.1 Å². The van der Waals surface area contributed by atoms with Gasteiger partial charge < -0.3 is 10.2 Å². The van der Waals surface area contributed by atoms with Crippen LogP contribution in [0, 0.1) is 11.7 Å². The molecule has 3 unspecified atom stereocenters. The van der Waals surface area contributed by atoms with E-state index in [9.17, 15) is 19.2 Å². The van der Waals surface area contributed by atoms with Crippen molar-refractivity contribution >= 4 is 29.3 Å². The summed E-state index contributed by atoms with van der Waals surface area (Å²) in [7, 11) is 0. The van der Waals surface area contributed by atoms with Gasteiger partial charge >= 0.3 is 0 Å². The Hall–Kier alpha value is -2.85. The predicted molar refractivity (Wildman–Crippen MR) is 120 cm³/mol. The third-order valence-corrected chi connectivity index (χ3v) is 8.05. The van der Waals surface area contributed by atoms with Gasteiger partial charge in [-0.1, -0.05) is 0 Å². The average molecular weight is 471 g/mol. The Morgan fingerprint density at radius 2 is 1.74 bits per heavy atom. The van der Waals surface area contributed by atoms with Crippen LogP contribution in [0.5, 0.6) is 0 Å². The Kier molecular flexibility index (Phi) is 4.90. The summed E-state index contributed by atoms with van der Waals surface area (Å²) in [5.74, 6) is -2.39. The fourth-order valence-electron chi connectivity index (χ4n) is 6.29. The fourth-order valence-corrected chi connectivity index (χ4v) is 6.29. The van der Waals surface area contributed by atoms with E-state index in [1.165, 1.54) is 6.07 Å². The monoisotopic (exact) mass is 470 g/mol. The van der Waals surface area contributed by atoms with Crippen LogP contribution in [0.1, 0.15) is 52.8 Å². The van der Waals surface area contributed by atoms with Crippen LogP contribution in [0.15, 0.2) is 12.1 Å². The summed E-state index contributed by atoms with van der Waals surface area (Å²) >= 11 is 0. The third kappa shape index (κ3) is 3.42. The standard InChI is InChI=1S/C24H28FN5O4/c25-18-8-16-17(24(34)30(23(16)33)19-1-2-21(31)27-22(19)32)9-20(18)29-12-14-7-15(29)11-28(14)10-13-3-5-26-6-4-13/h8-9,13-15,19,26H,1-7,10-12H2,(H,27,31,32)/i/hD. The van der Waals surface area contributed by atoms with Crippen molar-refractivity contribution in [1.29, 1.82) is 0 Å². The van der Waals surface area contributed by atoms with Gasteiger partial charge in [0, 0.05) is 38.1 Å². The maximum absolute atomic E-state index is 15.2. The average Bonchev–Trinajstić information content (AvgIpc) is 3.48. The van der Waals surface area contributed by atoms with Crippen LogP contribution >= 0.6 is 0 Å². The number of nitrogens with one attached hydrogen (secondary N) is 2. The van der Waals surface area contributed by atoms with Gasteiger partial charge in [-0.25, -0.2) is 4.39 Å². The van der Waals surface area contributed by atoms with E-state index >= 15 is 4.39 Å². The van der Waals surface area contributed by atoms with Crippen molar-refractivity contribution in [3.05, 3.63) is 29.1 Å². The van der Waals surface area contributed by atoms with Gasteiger partial charge in [-0.05, 0) is 56.8 Å². The number of benzene rings is 1. The minimum atomic E-state index is -1.06. The van der Waals surface area contributed by atoms with Crippen molar-refractivity contribution in [2.24, 2.45) is 5.92 Å². The Morgan fingerprint density at radius 1 is 1.00 bits per heavy atom. The second-order valence-corrected chi connectivity index (χ2v) is 10.1. The van der Waals surface area contributed by atoms with Crippen LogP contribution in [0.25, 0.3) is 0 Å². The number of hydrogen-bond acceptors (Lipinski definition) is 7. The van der Waals surface area contributed by atoms with Crippen LogP contribution in [0.2, 0.25) is 1.41 Å². The first-order chi connectivity index (χ1) is 16.8. The van der Waals surface area contributed by atoms with Crippen LogP contribution < -0.4 is 15.5 Å². The topological polar surface area (TPSA) is 102 Å². The first-order valence-corrected chi connectivity index (χ1v) is 12.1. The number of fused-ring (bicyclic) bond motifs is 3.